The quantitative estimate of drug-likeness (QED) is 0.631. The molecule has 1 aromatic carbocycles. The molecule has 0 aromatic heterocycles. The van der Waals surface area contributed by atoms with Crippen molar-refractivity contribution in [3.63, 3.8) is 0 Å². The number of para-hydroxylation sites is 1. The number of methoxy groups -OCH3 is 1. The van der Waals surface area contributed by atoms with E-state index >= 15 is 0 Å². The third-order valence-electron chi connectivity index (χ3n) is 3.25. The van der Waals surface area contributed by atoms with Gasteiger partial charge in [-0.1, -0.05) is 18.2 Å². The van der Waals surface area contributed by atoms with Gasteiger partial charge in [0.2, 0.25) is 0 Å². The van der Waals surface area contributed by atoms with E-state index in [1.54, 1.807) is 7.11 Å². The monoisotopic (exact) mass is 279 g/mol. The van der Waals surface area contributed by atoms with Crippen molar-refractivity contribution in [1.29, 1.82) is 0 Å². The number of ether oxygens (including phenoxy) is 3. The standard InChI is InChI=1S/C16H25NO3/c1-18-9-4-10-19-11-12-20-16-6-3-2-5-14(16)13-17-15-7-8-15/h2-3,5-6,15,17H,4,7-13H2,1H3. The van der Waals surface area contributed by atoms with E-state index in [9.17, 15) is 0 Å². The van der Waals surface area contributed by atoms with Crippen LogP contribution >= 0.6 is 0 Å². The highest BCUT2D eigenvalue weighted by atomic mass is 16.5. The lowest BCUT2D eigenvalue weighted by atomic mass is 10.2. The summed E-state index contributed by atoms with van der Waals surface area (Å²) < 4.78 is 16.3. The lowest BCUT2D eigenvalue weighted by molar-refractivity contribution is 0.0804. The second-order valence-electron chi connectivity index (χ2n) is 5.07. The highest BCUT2D eigenvalue weighted by Crippen LogP contribution is 2.22. The average molecular weight is 279 g/mol. The van der Waals surface area contributed by atoms with Crippen molar-refractivity contribution in [2.24, 2.45) is 0 Å². The van der Waals surface area contributed by atoms with Crippen molar-refractivity contribution in [3.8, 4) is 5.75 Å². The lowest BCUT2D eigenvalue weighted by Crippen LogP contribution is -2.16. The summed E-state index contributed by atoms with van der Waals surface area (Å²) in [5, 5.41) is 3.51. The summed E-state index contributed by atoms with van der Waals surface area (Å²) in [6, 6.07) is 8.92. The first-order valence-corrected chi connectivity index (χ1v) is 7.41. The molecule has 0 amide bonds. The molecule has 20 heavy (non-hydrogen) atoms. The fraction of sp³-hybridized carbons (Fsp3) is 0.625. The van der Waals surface area contributed by atoms with Gasteiger partial charge in [0.25, 0.3) is 0 Å². The first-order valence-electron chi connectivity index (χ1n) is 7.41. The minimum Gasteiger partial charge on any atom is -0.491 e. The molecule has 1 aromatic rings. The fourth-order valence-electron chi connectivity index (χ4n) is 1.95. The summed E-state index contributed by atoms with van der Waals surface area (Å²) >= 11 is 0. The summed E-state index contributed by atoms with van der Waals surface area (Å²) in [6.45, 7) is 3.57. The Bertz CT molecular complexity index is 380. The van der Waals surface area contributed by atoms with Gasteiger partial charge in [0, 0.05) is 38.5 Å². The number of nitrogens with one attached hydrogen (secondary N) is 1. The largest absolute Gasteiger partial charge is 0.491 e. The van der Waals surface area contributed by atoms with Crippen LogP contribution in [0.1, 0.15) is 24.8 Å². The smallest absolute Gasteiger partial charge is 0.123 e. The van der Waals surface area contributed by atoms with Gasteiger partial charge in [0.05, 0.1) is 6.61 Å². The molecule has 112 valence electrons. The molecule has 1 N–H and O–H groups in total. The van der Waals surface area contributed by atoms with Gasteiger partial charge in [0.15, 0.2) is 0 Å². The molecule has 0 saturated heterocycles. The van der Waals surface area contributed by atoms with Gasteiger partial charge in [-0.05, 0) is 25.3 Å². The molecule has 0 atom stereocenters. The predicted octanol–water partition coefficient (Wildman–Crippen LogP) is 2.37. The third-order valence-corrected chi connectivity index (χ3v) is 3.25. The highest BCUT2D eigenvalue weighted by molar-refractivity contribution is 5.33. The molecule has 0 heterocycles. The molecule has 1 aliphatic carbocycles. The van der Waals surface area contributed by atoms with Crippen molar-refractivity contribution >= 4 is 0 Å². The van der Waals surface area contributed by atoms with E-state index in [4.69, 9.17) is 14.2 Å². The third kappa shape index (κ3) is 5.90. The van der Waals surface area contributed by atoms with Crippen molar-refractivity contribution in [2.45, 2.75) is 31.8 Å². The van der Waals surface area contributed by atoms with Crippen LogP contribution in [0, 0.1) is 0 Å². The zero-order chi connectivity index (χ0) is 14.0. The minimum absolute atomic E-state index is 0.591. The van der Waals surface area contributed by atoms with Crippen LogP contribution in [-0.2, 0) is 16.0 Å². The lowest BCUT2D eigenvalue weighted by Gasteiger charge is -2.12. The van der Waals surface area contributed by atoms with Gasteiger partial charge in [-0.15, -0.1) is 0 Å². The maximum atomic E-state index is 5.80. The molecule has 0 radical (unpaired) electrons. The van der Waals surface area contributed by atoms with Crippen LogP contribution in [0.2, 0.25) is 0 Å². The molecule has 1 saturated carbocycles. The van der Waals surface area contributed by atoms with E-state index in [1.165, 1.54) is 18.4 Å². The topological polar surface area (TPSA) is 39.7 Å². The van der Waals surface area contributed by atoms with E-state index < -0.39 is 0 Å². The Hall–Kier alpha value is -1.10. The predicted molar refractivity (Wildman–Crippen MR) is 79.1 cm³/mol. The van der Waals surface area contributed by atoms with Crippen LogP contribution < -0.4 is 10.1 Å². The summed E-state index contributed by atoms with van der Waals surface area (Å²) in [5.41, 5.74) is 1.22. The van der Waals surface area contributed by atoms with E-state index in [1.807, 2.05) is 12.1 Å². The Morgan fingerprint density at radius 3 is 2.75 bits per heavy atom. The summed E-state index contributed by atoms with van der Waals surface area (Å²) in [4.78, 5) is 0. The first kappa shape index (κ1) is 15.3. The van der Waals surface area contributed by atoms with Crippen LogP contribution in [0.3, 0.4) is 0 Å². The number of hydrogen-bond acceptors (Lipinski definition) is 4. The number of hydrogen-bond donors (Lipinski definition) is 1. The molecule has 1 fully saturated rings. The molecular formula is C16H25NO3. The van der Waals surface area contributed by atoms with Crippen LogP contribution in [0.5, 0.6) is 5.75 Å². The van der Waals surface area contributed by atoms with Crippen molar-refractivity contribution in [3.05, 3.63) is 29.8 Å². The van der Waals surface area contributed by atoms with Gasteiger partial charge in [-0.2, -0.15) is 0 Å². The zero-order valence-electron chi connectivity index (χ0n) is 12.3. The fourth-order valence-corrected chi connectivity index (χ4v) is 1.95. The van der Waals surface area contributed by atoms with Crippen LogP contribution in [0.15, 0.2) is 24.3 Å². The van der Waals surface area contributed by atoms with Crippen LogP contribution in [0.4, 0.5) is 0 Å². The molecule has 2 rings (SSSR count). The Labute approximate surface area is 121 Å². The molecule has 1 aliphatic rings. The van der Waals surface area contributed by atoms with Crippen LogP contribution in [-0.4, -0.2) is 39.6 Å². The Balaban J connectivity index is 1.63. The maximum absolute atomic E-state index is 5.80. The number of rotatable bonds is 11. The van der Waals surface area contributed by atoms with E-state index in [0.717, 1.165) is 31.9 Å². The second-order valence-corrected chi connectivity index (χ2v) is 5.07. The van der Waals surface area contributed by atoms with Gasteiger partial charge < -0.3 is 19.5 Å². The van der Waals surface area contributed by atoms with Gasteiger partial charge in [0.1, 0.15) is 12.4 Å². The highest BCUT2D eigenvalue weighted by Gasteiger charge is 2.20. The first-order chi connectivity index (χ1) is 9.90. The average Bonchev–Trinajstić information content (AvgIpc) is 3.29. The normalized spacial score (nSPS) is 14.4. The molecule has 4 nitrogen and oxygen atoms in total. The van der Waals surface area contributed by atoms with Gasteiger partial charge >= 0.3 is 0 Å². The molecular weight excluding hydrogens is 254 g/mol. The Morgan fingerprint density at radius 2 is 1.95 bits per heavy atom. The molecule has 0 aliphatic heterocycles. The van der Waals surface area contributed by atoms with Crippen molar-refractivity contribution < 1.29 is 14.2 Å². The molecule has 0 unspecified atom stereocenters. The van der Waals surface area contributed by atoms with E-state index in [2.05, 4.69) is 17.4 Å². The second kappa shape index (κ2) is 8.95. The molecule has 0 bridgehead atoms. The van der Waals surface area contributed by atoms with Gasteiger partial charge in [-0.25, -0.2) is 0 Å². The van der Waals surface area contributed by atoms with E-state index in [-0.39, 0.29) is 0 Å². The van der Waals surface area contributed by atoms with Gasteiger partial charge in [-0.3, -0.25) is 0 Å². The SMILES string of the molecule is COCCCOCCOc1ccccc1CNC1CC1. The Kier molecular flexibility index (Phi) is 6.84. The van der Waals surface area contributed by atoms with E-state index in [0.29, 0.717) is 19.3 Å². The summed E-state index contributed by atoms with van der Waals surface area (Å²) in [7, 11) is 1.70. The maximum Gasteiger partial charge on any atom is 0.123 e. The number of benzene rings is 1. The molecule has 0 spiro atoms. The van der Waals surface area contributed by atoms with Crippen molar-refractivity contribution in [1.82, 2.24) is 5.32 Å². The van der Waals surface area contributed by atoms with Crippen molar-refractivity contribution in [2.75, 3.05) is 33.5 Å². The molecule has 4 heteroatoms. The van der Waals surface area contributed by atoms with Crippen LogP contribution in [0.25, 0.3) is 0 Å². The Morgan fingerprint density at radius 1 is 1.10 bits per heavy atom. The summed E-state index contributed by atoms with van der Waals surface area (Å²) in [6.07, 6.45) is 3.54. The zero-order valence-corrected chi connectivity index (χ0v) is 12.3. The minimum atomic E-state index is 0.591. The summed E-state index contributed by atoms with van der Waals surface area (Å²) in [5.74, 6) is 0.959.